The number of amides is 1. The molecule has 0 aliphatic carbocycles. The minimum absolute atomic E-state index is 0.0186. The summed E-state index contributed by atoms with van der Waals surface area (Å²) in [5, 5.41) is 20.2. The van der Waals surface area contributed by atoms with Crippen LogP contribution in [0.5, 0.6) is 0 Å². The fraction of sp³-hybridized carbons (Fsp3) is 0.538. The van der Waals surface area contributed by atoms with Gasteiger partial charge in [-0.05, 0) is 26.3 Å². The van der Waals surface area contributed by atoms with Crippen molar-refractivity contribution in [3.8, 4) is 6.07 Å². The number of nitriles is 1. The molecule has 1 aromatic rings. The third-order valence-corrected chi connectivity index (χ3v) is 3.45. The number of nitrogens with zero attached hydrogens (tertiary/aromatic N) is 4. The van der Waals surface area contributed by atoms with Crippen molar-refractivity contribution in [1.29, 1.82) is 5.26 Å². The molecule has 0 saturated carbocycles. The molecule has 19 heavy (non-hydrogen) atoms. The lowest BCUT2D eigenvalue weighted by Gasteiger charge is -2.39. The first-order chi connectivity index (χ1) is 9.08. The second kappa shape index (κ2) is 5.22. The molecule has 0 spiro atoms. The molecule has 100 valence electrons. The number of hydrogen-bond acceptors (Lipinski definition) is 5. The van der Waals surface area contributed by atoms with Gasteiger partial charge in [0.25, 0.3) is 0 Å². The van der Waals surface area contributed by atoms with Gasteiger partial charge < -0.3 is 10.2 Å². The van der Waals surface area contributed by atoms with E-state index in [-0.39, 0.29) is 11.8 Å². The van der Waals surface area contributed by atoms with Gasteiger partial charge in [-0.2, -0.15) is 10.4 Å². The van der Waals surface area contributed by atoms with Gasteiger partial charge in [0.15, 0.2) is 5.82 Å². The molecule has 1 amide bonds. The Balaban J connectivity index is 2.13. The van der Waals surface area contributed by atoms with Gasteiger partial charge in [0.1, 0.15) is 11.6 Å². The second-order valence-electron chi connectivity index (χ2n) is 4.72. The van der Waals surface area contributed by atoms with Crippen LogP contribution in [0.3, 0.4) is 0 Å². The van der Waals surface area contributed by atoms with Crippen LogP contribution in [0.4, 0.5) is 5.82 Å². The molecule has 0 atom stereocenters. The summed E-state index contributed by atoms with van der Waals surface area (Å²) in [4.78, 5) is 13.6. The van der Waals surface area contributed by atoms with Gasteiger partial charge in [-0.3, -0.25) is 4.79 Å². The van der Waals surface area contributed by atoms with Crippen molar-refractivity contribution in [2.45, 2.75) is 20.8 Å². The van der Waals surface area contributed by atoms with Gasteiger partial charge in [-0.1, -0.05) is 0 Å². The molecule has 1 N–H and O–H groups in total. The van der Waals surface area contributed by atoms with E-state index in [0.29, 0.717) is 31.0 Å². The molecular formula is C13H17N5O. The molecule has 1 fully saturated rings. The topological polar surface area (TPSA) is 81.9 Å². The molecule has 0 radical (unpaired) electrons. The largest absolute Gasteiger partial charge is 0.356 e. The van der Waals surface area contributed by atoms with E-state index in [1.165, 1.54) is 0 Å². The number of hydrogen-bond donors (Lipinski definition) is 1. The van der Waals surface area contributed by atoms with Crippen LogP contribution in [0.25, 0.3) is 0 Å². The Bertz CT molecular complexity index is 543. The number of nitrogens with one attached hydrogen (secondary N) is 1. The highest BCUT2D eigenvalue weighted by Crippen LogP contribution is 2.27. The average Bonchev–Trinajstić information content (AvgIpc) is 2.32. The predicted octanol–water partition coefficient (Wildman–Crippen LogP) is 0.537. The lowest BCUT2D eigenvalue weighted by atomic mass is 9.98. The van der Waals surface area contributed by atoms with Crippen LogP contribution >= 0.6 is 0 Å². The molecule has 6 nitrogen and oxygen atoms in total. The van der Waals surface area contributed by atoms with Gasteiger partial charge in [0.2, 0.25) is 5.91 Å². The van der Waals surface area contributed by atoms with Gasteiger partial charge in [0.05, 0.1) is 11.6 Å². The van der Waals surface area contributed by atoms with E-state index in [0.717, 1.165) is 11.3 Å². The summed E-state index contributed by atoms with van der Waals surface area (Å²) >= 11 is 0. The van der Waals surface area contributed by atoms with Crippen LogP contribution in [-0.4, -0.2) is 35.7 Å². The quantitative estimate of drug-likeness (QED) is 0.856. The summed E-state index contributed by atoms with van der Waals surface area (Å²) in [6.07, 6.45) is 0. The fourth-order valence-electron chi connectivity index (χ4n) is 2.09. The van der Waals surface area contributed by atoms with Crippen molar-refractivity contribution < 1.29 is 4.79 Å². The highest BCUT2D eigenvalue weighted by molar-refractivity contribution is 5.82. The minimum Gasteiger partial charge on any atom is -0.356 e. The summed E-state index contributed by atoms with van der Waals surface area (Å²) in [5.41, 5.74) is 2.18. The maximum absolute atomic E-state index is 11.6. The van der Waals surface area contributed by atoms with Crippen molar-refractivity contribution in [3.63, 3.8) is 0 Å². The lowest BCUT2D eigenvalue weighted by molar-refractivity contribution is -0.125. The van der Waals surface area contributed by atoms with Crippen LogP contribution in [0.15, 0.2) is 0 Å². The first kappa shape index (κ1) is 13.3. The number of aryl methyl sites for hydroxylation is 1. The maximum Gasteiger partial charge on any atom is 0.226 e. The zero-order chi connectivity index (χ0) is 14.0. The Morgan fingerprint density at radius 3 is 2.74 bits per heavy atom. The highest BCUT2D eigenvalue weighted by atomic mass is 16.2. The lowest BCUT2D eigenvalue weighted by Crippen LogP contribution is -2.54. The third kappa shape index (κ3) is 2.36. The molecule has 1 saturated heterocycles. The van der Waals surface area contributed by atoms with Crippen molar-refractivity contribution in [3.05, 3.63) is 16.8 Å². The Morgan fingerprint density at radius 2 is 2.16 bits per heavy atom. The van der Waals surface area contributed by atoms with E-state index in [1.807, 2.05) is 25.7 Å². The van der Waals surface area contributed by atoms with Crippen molar-refractivity contribution in [2.24, 2.45) is 5.92 Å². The highest BCUT2D eigenvalue weighted by Gasteiger charge is 2.35. The zero-order valence-corrected chi connectivity index (χ0v) is 11.4. The Labute approximate surface area is 112 Å². The molecule has 0 unspecified atom stereocenters. The first-order valence-electron chi connectivity index (χ1n) is 6.35. The molecule has 1 aliphatic rings. The van der Waals surface area contributed by atoms with E-state index in [4.69, 9.17) is 0 Å². The smallest absolute Gasteiger partial charge is 0.226 e. The van der Waals surface area contributed by atoms with E-state index < -0.39 is 0 Å². The van der Waals surface area contributed by atoms with E-state index in [2.05, 4.69) is 21.6 Å². The maximum atomic E-state index is 11.6. The summed E-state index contributed by atoms with van der Waals surface area (Å²) in [5.74, 6) is 0.634. The van der Waals surface area contributed by atoms with E-state index in [1.54, 1.807) is 0 Å². The van der Waals surface area contributed by atoms with Crippen molar-refractivity contribution in [1.82, 2.24) is 15.5 Å². The van der Waals surface area contributed by atoms with Crippen LogP contribution in [0, 0.1) is 31.1 Å². The van der Waals surface area contributed by atoms with Crippen LogP contribution in [0.1, 0.15) is 23.7 Å². The number of aromatic nitrogens is 2. The predicted molar refractivity (Wildman–Crippen MR) is 70.6 cm³/mol. The standard InChI is InChI=1S/C13H17N5O/c1-4-15-13(19)10-6-18(7-10)12-11(5-14)8(2)9(3)16-17-12/h10H,4,6-7H2,1-3H3,(H,15,19). The Morgan fingerprint density at radius 1 is 1.47 bits per heavy atom. The summed E-state index contributed by atoms with van der Waals surface area (Å²) in [6.45, 7) is 7.43. The SMILES string of the molecule is CCNC(=O)C1CN(c2nnc(C)c(C)c2C#N)C1. The molecule has 6 heteroatoms. The van der Waals surface area contributed by atoms with Crippen LogP contribution in [0.2, 0.25) is 0 Å². The minimum atomic E-state index is -0.0186. The molecule has 0 bridgehead atoms. The monoisotopic (exact) mass is 259 g/mol. The van der Waals surface area contributed by atoms with E-state index in [9.17, 15) is 10.1 Å². The molecule has 1 aliphatic heterocycles. The fourth-order valence-corrected chi connectivity index (χ4v) is 2.09. The second-order valence-corrected chi connectivity index (χ2v) is 4.72. The number of rotatable bonds is 3. The summed E-state index contributed by atoms with van der Waals surface area (Å²) in [7, 11) is 0. The summed E-state index contributed by atoms with van der Waals surface area (Å²) in [6, 6.07) is 2.18. The van der Waals surface area contributed by atoms with Gasteiger partial charge >= 0.3 is 0 Å². The van der Waals surface area contributed by atoms with Gasteiger partial charge in [-0.25, -0.2) is 0 Å². The summed E-state index contributed by atoms with van der Waals surface area (Å²) < 4.78 is 0. The van der Waals surface area contributed by atoms with Crippen LogP contribution < -0.4 is 10.2 Å². The van der Waals surface area contributed by atoms with Gasteiger partial charge in [0, 0.05) is 19.6 Å². The van der Waals surface area contributed by atoms with E-state index >= 15 is 0 Å². The van der Waals surface area contributed by atoms with Crippen molar-refractivity contribution in [2.75, 3.05) is 24.5 Å². The Kier molecular flexibility index (Phi) is 3.65. The van der Waals surface area contributed by atoms with Crippen molar-refractivity contribution >= 4 is 11.7 Å². The zero-order valence-electron chi connectivity index (χ0n) is 11.4. The first-order valence-corrected chi connectivity index (χ1v) is 6.35. The molecule has 0 aromatic carbocycles. The normalized spacial score (nSPS) is 14.7. The number of anilines is 1. The third-order valence-electron chi connectivity index (χ3n) is 3.45. The van der Waals surface area contributed by atoms with Gasteiger partial charge in [-0.15, -0.1) is 5.10 Å². The molecule has 2 heterocycles. The average molecular weight is 259 g/mol. The molecular weight excluding hydrogens is 242 g/mol. The molecule has 1 aromatic heterocycles. The Hall–Kier alpha value is -2.16. The number of carbonyl (C=O) groups excluding carboxylic acids is 1. The molecule has 2 rings (SSSR count). The van der Waals surface area contributed by atoms with Crippen LogP contribution in [-0.2, 0) is 4.79 Å². The number of carbonyl (C=O) groups is 1.